The number of carbonyl (C=O) groups is 1. The van der Waals surface area contributed by atoms with E-state index in [-0.39, 0.29) is 23.4 Å². The molecule has 4 rings (SSSR count). The van der Waals surface area contributed by atoms with E-state index in [1.807, 2.05) is 0 Å². The summed E-state index contributed by atoms with van der Waals surface area (Å²) in [5.41, 5.74) is 0.711. The Kier molecular flexibility index (Phi) is 5.91. The molecule has 1 aromatic carbocycles. The van der Waals surface area contributed by atoms with Crippen LogP contribution in [0.1, 0.15) is 31.4 Å². The number of thiazole rings is 1. The Bertz CT molecular complexity index is 1050. The molecule has 162 valence electrons. The molecule has 0 spiro atoms. The zero-order chi connectivity index (χ0) is 21.5. The first-order valence-corrected chi connectivity index (χ1v) is 12.7. The molecule has 0 radical (unpaired) electrons. The van der Waals surface area contributed by atoms with E-state index in [4.69, 9.17) is 0 Å². The number of halogens is 2. The van der Waals surface area contributed by atoms with Crippen molar-refractivity contribution in [3.05, 3.63) is 40.9 Å². The van der Waals surface area contributed by atoms with Crippen LogP contribution in [0.2, 0.25) is 0 Å². The lowest BCUT2D eigenvalue weighted by Gasteiger charge is -2.34. The van der Waals surface area contributed by atoms with Crippen LogP contribution in [0.25, 0.3) is 10.6 Å². The van der Waals surface area contributed by atoms with Crippen molar-refractivity contribution in [2.75, 3.05) is 12.8 Å². The van der Waals surface area contributed by atoms with E-state index in [0.717, 1.165) is 31.6 Å². The molecule has 1 N–H and O–H groups in total. The molecule has 1 saturated heterocycles. The van der Waals surface area contributed by atoms with Crippen LogP contribution < -0.4 is 4.72 Å². The van der Waals surface area contributed by atoms with E-state index in [2.05, 4.69) is 9.71 Å². The highest BCUT2D eigenvalue weighted by molar-refractivity contribution is 7.88. The maximum Gasteiger partial charge on any atom is 0.225 e. The fourth-order valence-electron chi connectivity index (χ4n) is 4.09. The van der Waals surface area contributed by atoms with Gasteiger partial charge in [0.05, 0.1) is 18.0 Å². The first kappa shape index (κ1) is 21.3. The van der Waals surface area contributed by atoms with Crippen LogP contribution in [0, 0.1) is 17.6 Å². The van der Waals surface area contributed by atoms with Gasteiger partial charge < -0.3 is 4.90 Å². The second-order valence-corrected chi connectivity index (χ2v) is 10.6. The van der Waals surface area contributed by atoms with Crippen molar-refractivity contribution < 1.29 is 22.0 Å². The molecule has 2 fully saturated rings. The average molecular weight is 456 g/mol. The van der Waals surface area contributed by atoms with Gasteiger partial charge in [-0.3, -0.25) is 4.79 Å². The summed E-state index contributed by atoms with van der Waals surface area (Å²) in [5.74, 6) is -1.81. The average Bonchev–Trinajstić information content (AvgIpc) is 3.23. The van der Waals surface area contributed by atoms with Crippen molar-refractivity contribution in [3.8, 4) is 10.6 Å². The third-order valence-corrected chi connectivity index (χ3v) is 7.46. The van der Waals surface area contributed by atoms with Crippen LogP contribution in [-0.4, -0.2) is 49.1 Å². The predicted molar refractivity (Wildman–Crippen MR) is 110 cm³/mol. The van der Waals surface area contributed by atoms with Crippen molar-refractivity contribution >= 4 is 27.3 Å². The Morgan fingerprint density at radius 2 is 2.07 bits per heavy atom. The molecule has 10 heteroatoms. The Morgan fingerprint density at radius 3 is 2.73 bits per heavy atom. The molecular weight excluding hydrogens is 432 g/mol. The zero-order valence-corrected chi connectivity index (χ0v) is 18.1. The van der Waals surface area contributed by atoms with E-state index in [9.17, 15) is 22.0 Å². The van der Waals surface area contributed by atoms with E-state index < -0.39 is 27.7 Å². The highest BCUT2D eigenvalue weighted by atomic mass is 32.2. The lowest BCUT2D eigenvalue weighted by Crippen LogP contribution is -2.49. The number of nitrogens with zero attached hydrogens (tertiary/aromatic N) is 2. The highest BCUT2D eigenvalue weighted by Gasteiger charge is 2.41. The quantitative estimate of drug-likeness (QED) is 0.726. The first-order chi connectivity index (χ1) is 14.2. The number of likely N-dealkylation sites (tertiary alicyclic amines) is 1. The molecule has 6 nitrogen and oxygen atoms in total. The van der Waals surface area contributed by atoms with Crippen LogP contribution in [0.5, 0.6) is 0 Å². The molecule has 0 bridgehead atoms. The molecule has 2 aromatic rings. The van der Waals surface area contributed by atoms with Crippen molar-refractivity contribution in [1.82, 2.24) is 14.6 Å². The van der Waals surface area contributed by atoms with Crippen molar-refractivity contribution in [3.63, 3.8) is 0 Å². The van der Waals surface area contributed by atoms with Gasteiger partial charge in [0, 0.05) is 35.9 Å². The van der Waals surface area contributed by atoms with Gasteiger partial charge in [-0.2, -0.15) is 0 Å². The number of sulfonamides is 1. The Hall–Kier alpha value is -1.91. The maximum absolute atomic E-state index is 14.1. The molecule has 2 heterocycles. The number of hydrogen-bond donors (Lipinski definition) is 1. The number of rotatable bonds is 6. The summed E-state index contributed by atoms with van der Waals surface area (Å²) < 4.78 is 53.9. The number of carbonyl (C=O) groups excluding carboxylic acids is 1. The van der Waals surface area contributed by atoms with Crippen LogP contribution in [-0.2, 0) is 21.2 Å². The highest BCUT2D eigenvalue weighted by Crippen LogP contribution is 2.33. The fraction of sp³-hybridized carbons (Fsp3) is 0.500. The van der Waals surface area contributed by atoms with Gasteiger partial charge in [-0.15, -0.1) is 11.3 Å². The van der Waals surface area contributed by atoms with E-state index >= 15 is 0 Å². The van der Waals surface area contributed by atoms with Crippen LogP contribution >= 0.6 is 11.3 Å². The van der Waals surface area contributed by atoms with E-state index in [1.165, 1.54) is 23.5 Å². The molecule has 1 amide bonds. The number of aromatic nitrogens is 1. The summed E-state index contributed by atoms with van der Waals surface area (Å²) in [4.78, 5) is 19.1. The van der Waals surface area contributed by atoms with Gasteiger partial charge in [0.25, 0.3) is 0 Å². The van der Waals surface area contributed by atoms with Gasteiger partial charge >= 0.3 is 0 Å². The Labute approximate surface area is 178 Å². The topological polar surface area (TPSA) is 79.4 Å². The van der Waals surface area contributed by atoms with Gasteiger partial charge in [-0.25, -0.2) is 26.9 Å². The number of benzene rings is 1. The van der Waals surface area contributed by atoms with E-state index in [0.29, 0.717) is 30.1 Å². The van der Waals surface area contributed by atoms with Gasteiger partial charge in [0.1, 0.15) is 5.01 Å². The van der Waals surface area contributed by atoms with Gasteiger partial charge in [-0.1, -0.05) is 12.5 Å². The number of amides is 1. The molecule has 0 unspecified atom stereocenters. The summed E-state index contributed by atoms with van der Waals surface area (Å²) in [6.07, 6.45) is 4.76. The monoisotopic (exact) mass is 455 g/mol. The zero-order valence-electron chi connectivity index (χ0n) is 16.5. The third kappa shape index (κ3) is 4.40. The largest absolute Gasteiger partial charge is 0.337 e. The van der Waals surface area contributed by atoms with Crippen LogP contribution in [0.3, 0.4) is 0 Å². The fourth-order valence-corrected chi connectivity index (χ4v) is 5.77. The summed E-state index contributed by atoms with van der Waals surface area (Å²) in [5, 5.41) is 2.10. The standard InChI is InChI=1S/C20H23F2N3O3S2/c1-30(27,28)24-16-8-9-25(20(26)12-4-2-5-12)17(16)10-13-11-29-19(23-13)14-6-3-7-15(21)18(14)22/h3,6-7,11-12,16-17,24H,2,4-5,8-10H2,1H3/t16-,17-/m1/s1. The van der Waals surface area contributed by atoms with Crippen LogP contribution in [0.4, 0.5) is 8.78 Å². The Morgan fingerprint density at radius 1 is 1.30 bits per heavy atom. The maximum atomic E-state index is 14.1. The van der Waals surface area contributed by atoms with Crippen LogP contribution in [0.15, 0.2) is 23.6 Å². The van der Waals surface area contributed by atoms with Gasteiger partial charge in [0.15, 0.2) is 11.6 Å². The minimum Gasteiger partial charge on any atom is -0.337 e. The lowest BCUT2D eigenvalue weighted by atomic mass is 9.84. The normalized spacial score (nSPS) is 22.3. The first-order valence-electron chi connectivity index (χ1n) is 9.89. The minimum absolute atomic E-state index is 0.0110. The lowest BCUT2D eigenvalue weighted by molar-refractivity contribution is -0.139. The molecule has 2 atom stereocenters. The summed E-state index contributed by atoms with van der Waals surface area (Å²) in [6.45, 7) is 0.489. The number of nitrogens with one attached hydrogen (secondary N) is 1. The smallest absolute Gasteiger partial charge is 0.225 e. The summed E-state index contributed by atoms with van der Waals surface area (Å²) in [6, 6.07) is 3.19. The van der Waals surface area contributed by atoms with Crippen molar-refractivity contribution in [1.29, 1.82) is 0 Å². The molecule has 1 aliphatic heterocycles. The second kappa shape index (κ2) is 8.32. The molecule has 1 saturated carbocycles. The van der Waals surface area contributed by atoms with Gasteiger partial charge in [-0.05, 0) is 31.4 Å². The third-order valence-electron chi connectivity index (χ3n) is 5.80. The van der Waals surface area contributed by atoms with Crippen molar-refractivity contribution in [2.24, 2.45) is 5.92 Å². The minimum atomic E-state index is -3.44. The summed E-state index contributed by atoms with van der Waals surface area (Å²) >= 11 is 1.19. The molecule has 1 aromatic heterocycles. The molecule has 30 heavy (non-hydrogen) atoms. The SMILES string of the molecule is CS(=O)(=O)N[C@@H]1CCN(C(=O)C2CCC2)[C@@H]1Cc1csc(-c2cccc(F)c2F)n1. The predicted octanol–water partition coefficient (Wildman–Crippen LogP) is 2.95. The van der Waals surface area contributed by atoms with E-state index in [1.54, 1.807) is 10.3 Å². The Balaban J connectivity index is 1.58. The summed E-state index contributed by atoms with van der Waals surface area (Å²) in [7, 11) is -3.44. The number of hydrogen-bond acceptors (Lipinski definition) is 5. The molecular formula is C20H23F2N3O3S2. The van der Waals surface area contributed by atoms with Crippen molar-refractivity contribution in [2.45, 2.75) is 44.2 Å². The second-order valence-electron chi connectivity index (χ2n) is 7.96. The van der Waals surface area contributed by atoms with Gasteiger partial charge in [0.2, 0.25) is 15.9 Å². The molecule has 1 aliphatic carbocycles. The molecule has 2 aliphatic rings.